The van der Waals surface area contributed by atoms with Crippen molar-refractivity contribution in [2.75, 3.05) is 6.54 Å². The van der Waals surface area contributed by atoms with Crippen molar-refractivity contribution in [1.82, 2.24) is 5.32 Å². The predicted octanol–water partition coefficient (Wildman–Crippen LogP) is 2.30. The van der Waals surface area contributed by atoms with Crippen molar-refractivity contribution in [3.05, 3.63) is 0 Å². The average molecular weight is 266 g/mol. The summed E-state index contributed by atoms with van der Waals surface area (Å²) in [7, 11) is 0. The molecule has 0 fully saturated rings. The van der Waals surface area contributed by atoms with Gasteiger partial charge in [-0.15, -0.1) is 0 Å². The Morgan fingerprint density at radius 2 is 2.18 bits per heavy atom. The van der Waals surface area contributed by atoms with Gasteiger partial charge in [0.15, 0.2) is 0 Å². The van der Waals surface area contributed by atoms with E-state index in [0.717, 1.165) is 13.0 Å². The average Bonchev–Trinajstić information content (AvgIpc) is 1.87. The van der Waals surface area contributed by atoms with Crippen molar-refractivity contribution in [3.8, 4) is 6.07 Å². The van der Waals surface area contributed by atoms with E-state index in [1.54, 1.807) is 0 Å². The lowest BCUT2D eigenvalue weighted by Crippen LogP contribution is -2.25. The van der Waals surface area contributed by atoms with Gasteiger partial charge in [-0.25, -0.2) is 0 Å². The number of rotatable bonds is 4. The third-order valence-electron chi connectivity index (χ3n) is 1.48. The fraction of sp³-hybridized carbons (Fsp3) is 0.875. The Morgan fingerprint density at radius 1 is 1.64 bits per heavy atom. The fourth-order valence-corrected chi connectivity index (χ4v) is 0.951. The van der Waals surface area contributed by atoms with E-state index < -0.39 is 0 Å². The Balaban J connectivity index is 3.48. The van der Waals surface area contributed by atoms with Gasteiger partial charge in [0.1, 0.15) is 0 Å². The summed E-state index contributed by atoms with van der Waals surface area (Å²) in [5.41, 5.74) is -0.182. The molecule has 1 unspecified atom stereocenters. The molecule has 0 amide bonds. The lowest BCUT2D eigenvalue weighted by atomic mass is 9.92. The van der Waals surface area contributed by atoms with Gasteiger partial charge in [-0.3, -0.25) is 0 Å². The van der Waals surface area contributed by atoms with Crippen LogP contribution in [0.25, 0.3) is 0 Å². The first-order valence-corrected chi connectivity index (χ1v) is 5.01. The normalized spacial score (nSPS) is 14.1. The SMILES string of the molecule is CC(I)NCCC(C)(C)C#N. The van der Waals surface area contributed by atoms with Gasteiger partial charge in [-0.05, 0) is 33.7 Å². The third kappa shape index (κ3) is 6.57. The Kier molecular flexibility index (Phi) is 5.02. The minimum atomic E-state index is -0.182. The highest BCUT2D eigenvalue weighted by Gasteiger charge is 2.15. The zero-order valence-electron chi connectivity index (χ0n) is 7.32. The van der Waals surface area contributed by atoms with Crippen LogP contribution in [-0.2, 0) is 0 Å². The summed E-state index contributed by atoms with van der Waals surface area (Å²) in [4.78, 5) is 0. The summed E-state index contributed by atoms with van der Waals surface area (Å²) in [5, 5.41) is 12.0. The van der Waals surface area contributed by atoms with Crippen LogP contribution in [-0.4, -0.2) is 10.6 Å². The molecule has 0 aliphatic heterocycles. The molecule has 2 nitrogen and oxygen atoms in total. The van der Waals surface area contributed by atoms with E-state index >= 15 is 0 Å². The molecule has 0 aliphatic rings. The number of halogens is 1. The minimum absolute atomic E-state index is 0.182. The molecule has 0 aromatic heterocycles. The molecule has 0 rings (SSSR count). The second-order valence-corrected chi connectivity index (χ2v) is 5.18. The highest BCUT2D eigenvalue weighted by molar-refractivity contribution is 14.1. The van der Waals surface area contributed by atoms with Crippen LogP contribution in [0.15, 0.2) is 0 Å². The van der Waals surface area contributed by atoms with Crippen LogP contribution >= 0.6 is 22.6 Å². The van der Waals surface area contributed by atoms with E-state index in [1.807, 2.05) is 13.8 Å². The van der Waals surface area contributed by atoms with Crippen molar-refractivity contribution in [2.24, 2.45) is 5.41 Å². The molecule has 0 aromatic carbocycles. The first kappa shape index (κ1) is 11.2. The van der Waals surface area contributed by atoms with Crippen molar-refractivity contribution < 1.29 is 0 Å². The van der Waals surface area contributed by atoms with Crippen LogP contribution < -0.4 is 5.32 Å². The van der Waals surface area contributed by atoms with E-state index in [9.17, 15) is 0 Å². The summed E-state index contributed by atoms with van der Waals surface area (Å²) in [5.74, 6) is 0. The summed E-state index contributed by atoms with van der Waals surface area (Å²) >= 11 is 2.31. The Bertz CT molecular complexity index is 147. The van der Waals surface area contributed by atoms with E-state index in [1.165, 1.54) is 0 Å². The molecule has 3 heteroatoms. The molecule has 0 saturated carbocycles. The van der Waals surface area contributed by atoms with Crippen molar-refractivity contribution in [1.29, 1.82) is 5.26 Å². The fourth-order valence-electron chi connectivity index (χ4n) is 0.639. The molecule has 0 bridgehead atoms. The van der Waals surface area contributed by atoms with Gasteiger partial charge in [-0.1, -0.05) is 22.6 Å². The van der Waals surface area contributed by atoms with Gasteiger partial charge in [0.2, 0.25) is 0 Å². The zero-order valence-corrected chi connectivity index (χ0v) is 9.47. The van der Waals surface area contributed by atoms with Crippen LogP contribution in [0.1, 0.15) is 27.2 Å². The van der Waals surface area contributed by atoms with Gasteiger partial charge >= 0.3 is 0 Å². The maximum Gasteiger partial charge on any atom is 0.0684 e. The Labute approximate surface area is 82.5 Å². The van der Waals surface area contributed by atoms with E-state index in [2.05, 4.69) is 40.9 Å². The first-order valence-electron chi connectivity index (χ1n) is 3.76. The largest absolute Gasteiger partial charge is 0.306 e. The second-order valence-electron chi connectivity index (χ2n) is 3.32. The van der Waals surface area contributed by atoms with Crippen LogP contribution in [0.4, 0.5) is 0 Å². The Hall–Kier alpha value is 0.180. The van der Waals surface area contributed by atoms with Crippen molar-refractivity contribution >= 4 is 22.6 Å². The van der Waals surface area contributed by atoms with Gasteiger partial charge in [-0.2, -0.15) is 5.26 Å². The van der Waals surface area contributed by atoms with Gasteiger partial charge in [0.25, 0.3) is 0 Å². The summed E-state index contributed by atoms with van der Waals surface area (Å²) in [6.45, 7) is 6.95. The van der Waals surface area contributed by atoms with E-state index in [-0.39, 0.29) is 5.41 Å². The molecular weight excluding hydrogens is 251 g/mol. The lowest BCUT2D eigenvalue weighted by molar-refractivity contribution is 0.434. The zero-order chi connectivity index (χ0) is 8.91. The molecule has 11 heavy (non-hydrogen) atoms. The molecule has 0 spiro atoms. The standard InChI is InChI=1S/C8H15IN2/c1-7(9)11-5-4-8(2,3)6-10/h7,11H,4-5H2,1-3H3. The second kappa shape index (κ2) is 4.94. The number of nitrogens with one attached hydrogen (secondary N) is 1. The number of hydrogen-bond acceptors (Lipinski definition) is 2. The molecule has 64 valence electrons. The number of nitrogens with zero attached hydrogens (tertiary/aromatic N) is 1. The van der Waals surface area contributed by atoms with Crippen molar-refractivity contribution in [3.63, 3.8) is 0 Å². The topological polar surface area (TPSA) is 35.8 Å². The highest BCUT2D eigenvalue weighted by Crippen LogP contribution is 2.17. The molecule has 0 aromatic rings. The quantitative estimate of drug-likeness (QED) is 0.481. The summed E-state index contributed by atoms with van der Waals surface area (Å²) < 4.78 is 0.488. The molecule has 0 heterocycles. The number of alkyl halides is 1. The van der Waals surface area contributed by atoms with Crippen LogP contribution in [0.3, 0.4) is 0 Å². The maximum absolute atomic E-state index is 8.68. The molecule has 0 aliphatic carbocycles. The third-order valence-corrected chi connectivity index (χ3v) is 1.92. The molecule has 0 saturated heterocycles. The van der Waals surface area contributed by atoms with Crippen molar-refractivity contribution in [2.45, 2.75) is 31.2 Å². The van der Waals surface area contributed by atoms with E-state index in [4.69, 9.17) is 5.26 Å². The summed E-state index contributed by atoms with van der Waals surface area (Å²) in [6.07, 6.45) is 0.914. The highest BCUT2D eigenvalue weighted by atomic mass is 127. The number of nitriles is 1. The van der Waals surface area contributed by atoms with Crippen LogP contribution in [0.2, 0.25) is 0 Å². The first-order chi connectivity index (χ1) is 4.98. The maximum atomic E-state index is 8.68. The monoisotopic (exact) mass is 266 g/mol. The Morgan fingerprint density at radius 3 is 2.55 bits per heavy atom. The minimum Gasteiger partial charge on any atom is -0.306 e. The molecular formula is C8H15IN2. The van der Waals surface area contributed by atoms with Gasteiger partial charge in [0.05, 0.1) is 15.5 Å². The molecule has 1 N–H and O–H groups in total. The van der Waals surface area contributed by atoms with Crippen LogP contribution in [0, 0.1) is 16.7 Å². The van der Waals surface area contributed by atoms with Crippen LogP contribution in [0.5, 0.6) is 0 Å². The molecule has 0 radical (unpaired) electrons. The lowest BCUT2D eigenvalue weighted by Gasteiger charge is -2.15. The summed E-state index contributed by atoms with van der Waals surface area (Å²) in [6, 6.07) is 2.27. The predicted molar refractivity (Wildman–Crippen MR) is 55.5 cm³/mol. The smallest absolute Gasteiger partial charge is 0.0684 e. The number of hydrogen-bond donors (Lipinski definition) is 1. The van der Waals surface area contributed by atoms with Gasteiger partial charge < -0.3 is 5.32 Å². The van der Waals surface area contributed by atoms with E-state index in [0.29, 0.717) is 4.05 Å². The van der Waals surface area contributed by atoms with Gasteiger partial charge in [0, 0.05) is 0 Å². The molecule has 1 atom stereocenters.